The number of ether oxygens (including phenoxy) is 1. The quantitative estimate of drug-likeness (QED) is 0.829. The van der Waals surface area contributed by atoms with Crippen LogP contribution in [0.4, 0.5) is 0 Å². The molecule has 1 aromatic rings. The molecule has 2 atom stereocenters. The van der Waals surface area contributed by atoms with Crippen LogP contribution in [0.3, 0.4) is 0 Å². The largest absolute Gasteiger partial charge is 0.363 e. The minimum Gasteiger partial charge on any atom is -0.363 e. The third-order valence-electron chi connectivity index (χ3n) is 3.86. The summed E-state index contributed by atoms with van der Waals surface area (Å²) in [5, 5.41) is 3.00. The van der Waals surface area contributed by atoms with Gasteiger partial charge in [0.25, 0.3) is 5.91 Å². The van der Waals surface area contributed by atoms with Gasteiger partial charge in [-0.3, -0.25) is 4.79 Å². The molecule has 0 bridgehead atoms. The van der Waals surface area contributed by atoms with Crippen LogP contribution in [0, 0.1) is 0 Å². The SMILES string of the molecule is C[C@@H](NC(=O)C1CO1)c1ccc2c(c1)CCCC2. The third-order valence-corrected chi connectivity index (χ3v) is 3.86. The van der Waals surface area contributed by atoms with Crippen molar-refractivity contribution in [3.05, 3.63) is 34.9 Å². The Kier molecular flexibility index (Phi) is 3.08. The number of hydrogen-bond acceptors (Lipinski definition) is 2. The number of aryl methyl sites for hydroxylation is 2. The van der Waals surface area contributed by atoms with Crippen LogP contribution in [0.15, 0.2) is 18.2 Å². The fraction of sp³-hybridized carbons (Fsp3) is 0.533. The Morgan fingerprint density at radius 3 is 2.78 bits per heavy atom. The topological polar surface area (TPSA) is 41.6 Å². The molecule has 0 aromatic heterocycles. The van der Waals surface area contributed by atoms with E-state index >= 15 is 0 Å². The molecule has 1 aliphatic heterocycles. The molecule has 1 amide bonds. The predicted molar refractivity (Wildman–Crippen MR) is 69.4 cm³/mol. The number of hydrogen-bond donors (Lipinski definition) is 1. The summed E-state index contributed by atoms with van der Waals surface area (Å²) in [7, 11) is 0. The average molecular weight is 245 g/mol. The standard InChI is InChI=1S/C15H19NO2/c1-10(16-15(17)14-9-18-14)12-7-6-11-4-2-3-5-13(11)8-12/h6-8,10,14H,2-5,9H2,1H3,(H,16,17)/t10-,14?/m1/s1. The maximum absolute atomic E-state index is 11.6. The van der Waals surface area contributed by atoms with Crippen LogP contribution in [0.2, 0.25) is 0 Å². The minimum atomic E-state index is -0.204. The Hall–Kier alpha value is -1.35. The van der Waals surface area contributed by atoms with Crippen LogP contribution in [0.5, 0.6) is 0 Å². The molecule has 1 unspecified atom stereocenters. The number of carbonyl (C=O) groups excluding carboxylic acids is 1. The lowest BCUT2D eigenvalue weighted by Gasteiger charge is -2.19. The van der Waals surface area contributed by atoms with Crippen LogP contribution < -0.4 is 5.32 Å². The van der Waals surface area contributed by atoms with Gasteiger partial charge in [0.05, 0.1) is 12.6 Å². The van der Waals surface area contributed by atoms with Crippen LogP contribution in [-0.4, -0.2) is 18.6 Å². The minimum absolute atomic E-state index is 0.0141. The second kappa shape index (κ2) is 4.73. The molecule has 0 radical (unpaired) electrons. The van der Waals surface area contributed by atoms with E-state index in [1.54, 1.807) is 0 Å². The van der Waals surface area contributed by atoms with Crippen molar-refractivity contribution in [2.45, 2.75) is 44.8 Å². The summed E-state index contributed by atoms with van der Waals surface area (Å²) in [5.41, 5.74) is 4.14. The Labute approximate surface area is 108 Å². The molecule has 1 fully saturated rings. The van der Waals surface area contributed by atoms with Crippen molar-refractivity contribution in [2.24, 2.45) is 0 Å². The Morgan fingerprint density at radius 1 is 1.33 bits per heavy atom. The number of benzene rings is 1. The Balaban J connectivity index is 1.72. The highest BCUT2D eigenvalue weighted by molar-refractivity contribution is 5.83. The lowest BCUT2D eigenvalue weighted by atomic mass is 9.89. The summed E-state index contributed by atoms with van der Waals surface area (Å²) in [6.45, 7) is 2.60. The van der Waals surface area contributed by atoms with Gasteiger partial charge in [0.2, 0.25) is 0 Å². The van der Waals surface area contributed by atoms with Crippen LogP contribution in [-0.2, 0) is 22.4 Å². The second-order valence-corrected chi connectivity index (χ2v) is 5.29. The van der Waals surface area contributed by atoms with E-state index in [4.69, 9.17) is 4.74 Å². The Morgan fingerprint density at radius 2 is 2.06 bits per heavy atom. The average Bonchev–Trinajstić information content (AvgIpc) is 3.22. The number of epoxide rings is 1. The highest BCUT2D eigenvalue weighted by atomic mass is 16.6. The summed E-state index contributed by atoms with van der Waals surface area (Å²) >= 11 is 0. The summed E-state index contributed by atoms with van der Waals surface area (Å²) < 4.78 is 4.99. The van der Waals surface area contributed by atoms with Gasteiger partial charge in [0.1, 0.15) is 0 Å². The predicted octanol–water partition coefficient (Wildman–Crippen LogP) is 2.14. The van der Waals surface area contributed by atoms with Gasteiger partial charge in [-0.05, 0) is 49.3 Å². The number of amides is 1. The molecule has 0 spiro atoms. The molecular formula is C15H19NO2. The van der Waals surface area contributed by atoms with Crippen molar-refractivity contribution in [3.8, 4) is 0 Å². The smallest absolute Gasteiger partial charge is 0.252 e. The van der Waals surface area contributed by atoms with Gasteiger partial charge < -0.3 is 10.1 Å². The van der Waals surface area contributed by atoms with Crippen molar-refractivity contribution >= 4 is 5.91 Å². The number of nitrogens with one attached hydrogen (secondary N) is 1. The van der Waals surface area contributed by atoms with E-state index in [-0.39, 0.29) is 18.1 Å². The van der Waals surface area contributed by atoms with E-state index in [0.29, 0.717) is 6.61 Å². The van der Waals surface area contributed by atoms with Crippen LogP contribution in [0.25, 0.3) is 0 Å². The molecule has 18 heavy (non-hydrogen) atoms. The van der Waals surface area contributed by atoms with E-state index in [0.717, 1.165) is 0 Å². The highest BCUT2D eigenvalue weighted by Gasteiger charge is 2.32. The molecule has 1 aromatic carbocycles. The Bertz CT molecular complexity index is 466. The molecule has 1 aliphatic carbocycles. The second-order valence-electron chi connectivity index (χ2n) is 5.29. The number of carbonyl (C=O) groups is 1. The van der Waals surface area contributed by atoms with Crippen molar-refractivity contribution < 1.29 is 9.53 Å². The van der Waals surface area contributed by atoms with E-state index in [1.807, 2.05) is 6.92 Å². The zero-order valence-electron chi connectivity index (χ0n) is 10.7. The first-order valence-corrected chi connectivity index (χ1v) is 6.78. The molecule has 1 heterocycles. The van der Waals surface area contributed by atoms with E-state index in [9.17, 15) is 4.79 Å². The number of rotatable bonds is 3. The van der Waals surface area contributed by atoms with E-state index < -0.39 is 0 Å². The summed E-state index contributed by atoms with van der Waals surface area (Å²) in [6.07, 6.45) is 4.76. The van der Waals surface area contributed by atoms with Crippen molar-refractivity contribution in [1.29, 1.82) is 0 Å². The molecule has 3 nitrogen and oxygen atoms in total. The first kappa shape index (κ1) is 11.7. The van der Waals surface area contributed by atoms with Crippen LogP contribution in [0.1, 0.15) is 42.5 Å². The van der Waals surface area contributed by atoms with Crippen molar-refractivity contribution in [2.75, 3.05) is 6.61 Å². The first-order valence-electron chi connectivity index (χ1n) is 6.78. The molecule has 3 heteroatoms. The third kappa shape index (κ3) is 2.41. The summed E-state index contributed by atoms with van der Waals surface area (Å²) in [4.78, 5) is 11.6. The van der Waals surface area contributed by atoms with Crippen LogP contribution >= 0.6 is 0 Å². The fourth-order valence-corrected chi connectivity index (χ4v) is 2.61. The van der Waals surface area contributed by atoms with Gasteiger partial charge in [-0.2, -0.15) is 0 Å². The van der Waals surface area contributed by atoms with Gasteiger partial charge in [-0.25, -0.2) is 0 Å². The zero-order valence-corrected chi connectivity index (χ0v) is 10.7. The van der Waals surface area contributed by atoms with Gasteiger partial charge in [-0.15, -0.1) is 0 Å². The van der Waals surface area contributed by atoms with Crippen molar-refractivity contribution in [1.82, 2.24) is 5.32 Å². The molecule has 2 aliphatic rings. The number of fused-ring (bicyclic) bond motifs is 1. The summed E-state index contributed by atoms with van der Waals surface area (Å²) in [6, 6.07) is 6.69. The lowest BCUT2D eigenvalue weighted by Crippen LogP contribution is -2.30. The lowest BCUT2D eigenvalue weighted by molar-refractivity contribution is -0.122. The van der Waals surface area contributed by atoms with Gasteiger partial charge in [-0.1, -0.05) is 18.2 Å². The highest BCUT2D eigenvalue weighted by Crippen LogP contribution is 2.25. The molecule has 1 saturated heterocycles. The summed E-state index contributed by atoms with van der Waals surface area (Å²) in [5.74, 6) is 0.0141. The molecular weight excluding hydrogens is 226 g/mol. The van der Waals surface area contributed by atoms with Gasteiger partial charge in [0, 0.05) is 0 Å². The zero-order chi connectivity index (χ0) is 12.5. The first-order chi connectivity index (χ1) is 8.74. The monoisotopic (exact) mass is 245 g/mol. The van der Waals surface area contributed by atoms with Gasteiger partial charge >= 0.3 is 0 Å². The molecule has 3 rings (SSSR count). The maximum atomic E-state index is 11.6. The molecule has 96 valence electrons. The normalized spacial score (nSPS) is 23.1. The van der Waals surface area contributed by atoms with Gasteiger partial charge in [0.15, 0.2) is 6.10 Å². The maximum Gasteiger partial charge on any atom is 0.252 e. The molecule has 1 N–H and O–H groups in total. The van der Waals surface area contributed by atoms with E-state index in [1.165, 1.54) is 42.4 Å². The van der Waals surface area contributed by atoms with Crippen molar-refractivity contribution in [3.63, 3.8) is 0 Å². The molecule has 0 saturated carbocycles. The fourth-order valence-electron chi connectivity index (χ4n) is 2.61. The van der Waals surface area contributed by atoms with E-state index in [2.05, 4.69) is 23.5 Å².